The van der Waals surface area contributed by atoms with Gasteiger partial charge in [-0.3, -0.25) is 4.90 Å². The number of aromatic nitrogens is 2. The zero-order chi connectivity index (χ0) is 8.93. The van der Waals surface area contributed by atoms with Crippen LogP contribution in [0, 0.1) is 0 Å². The molecule has 1 aliphatic heterocycles. The van der Waals surface area contributed by atoms with Gasteiger partial charge in [0.05, 0.1) is 6.54 Å². The molecule has 0 aromatic carbocycles. The number of piperazine rings is 1. The molecule has 1 aromatic rings. The summed E-state index contributed by atoms with van der Waals surface area (Å²) in [4.78, 5) is 10.8. The van der Waals surface area contributed by atoms with E-state index in [1.807, 2.05) is 6.07 Å². The van der Waals surface area contributed by atoms with Crippen molar-refractivity contribution < 1.29 is 0 Å². The van der Waals surface area contributed by atoms with E-state index >= 15 is 0 Å². The Balaban J connectivity index is 0.000000980. The van der Waals surface area contributed by atoms with Gasteiger partial charge in [0.15, 0.2) is 0 Å². The fraction of sp³-hybridized carbons (Fsp3) is 0.556. The van der Waals surface area contributed by atoms with Crippen LogP contribution in [0.1, 0.15) is 5.82 Å². The van der Waals surface area contributed by atoms with Gasteiger partial charge >= 0.3 is 0 Å². The van der Waals surface area contributed by atoms with Gasteiger partial charge in [0.25, 0.3) is 0 Å². The smallest absolute Gasteiger partial charge is 0.142 e. The van der Waals surface area contributed by atoms with Gasteiger partial charge in [-0.15, -0.1) is 12.4 Å². The van der Waals surface area contributed by atoms with Gasteiger partial charge in [0.1, 0.15) is 5.82 Å². The van der Waals surface area contributed by atoms with Crippen LogP contribution in [-0.2, 0) is 6.54 Å². The molecular weight excluding hydrogens is 200 g/mol. The first kappa shape index (κ1) is 11.4. The predicted octanol–water partition coefficient (Wildman–Crippen LogP) is 0.304. The number of nitrogens with one attached hydrogen (secondary N) is 1. The van der Waals surface area contributed by atoms with Crippen molar-refractivity contribution in [3.63, 3.8) is 0 Å². The lowest BCUT2D eigenvalue weighted by Crippen LogP contribution is -2.43. The Labute approximate surface area is 90.2 Å². The molecule has 0 atom stereocenters. The Morgan fingerprint density at radius 2 is 1.86 bits per heavy atom. The van der Waals surface area contributed by atoms with E-state index in [0.29, 0.717) is 0 Å². The minimum absolute atomic E-state index is 0. The molecule has 2 rings (SSSR count). The third kappa shape index (κ3) is 3.21. The van der Waals surface area contributed by atoms with Crippen LogP contribution in [0.3, 0.4) is 0 Å². The van der Waals surface area contributed by atoms with E-state index in [4.69, 9.17) is 0 Å². The molecule has 1 aromatic heterocycles. The fourth-order valence-corrected chi connectivity index (χ4v) is 1.48. The van der Waals surface area contributed by atoms with Crippen molar-refractivity contribution in [3.05, 3.63) is 24.3 Å². The van der Waals surface area contributed by atoms with Crippen LogP contribution in [0.4, 0.5) is 0 Å². The minimum Gasteiger partial charge on any atom is -0.314 e. The third-order valence-electron chi connectivity index (χ3n) is 2.19. The summed E-state index contributed by atoms with van der Waals surface area (Å²) in [6, 6.07) is 1.85. The maximum absolute atomic E-state index is 4.20. The second-order valence-corrected chi connectivity index (χ2v) is 3.19. The van der Waals surface area contributed by atoms with E-state index in [0.717, 1.165) is 38.5 Å². The van der Waals surface area contributed by atoms with Crippen molar-refractivity contribution in [2.45, 2.75) is 6.54 Å². The van der Waals surface area contributed by atoms with Gasteiger partial charge in [-0.05, 0) is 6.07 Å². The van der Waals surface area contributed by atoms with Crippen molar-refractivity contribution in [2.24, 2.45) is 0 Å². The molecule has 0 aliphatic carbocycles. The molecular formula is C9H15ClN4. The molecule has 0 amide bonds. The standard InChI is InChI=1S/C9H14N4.ClH/c1-2-11-9(12-3-1)8-13-6-4-10-5-7-13;/h1-3,10H,4-8H2;1H. The second-order valence-electron chi connectivity index (χ2n) is 3.19. The number of hydrogen-bond acceptors (Lipinski definition) is 4. The predicted molar refractivity (Wildman–Crippen MR) is 57.4 cm³/mol. The van der Waals surface area contributed by atoms with E-state index in [-0.39, 0.29) is 12.4 Å². The average molecular weight is 215 g/mol. The highest BCUT2D eigenvalue weighted by atomic mass is 35.5. The van der Waals surface area contributed by atoms with Crippen LogP contribution in [0.25, 0.3) is 0 Å². The largest absolute Gasteiger partial charge is 0.314 e. The Morgan fingerprint density at radius 3 is 2.50 bits per heavy atom. The molecule has 1 saturated heterocycles. The number of halogens is 1. The lowest BCUT2D eigenvalue weighted by molar-refractivity contribution is 0.228. The molecule has 2 heterocycles. The summed E-state index contributed by atoms with van der Waals surface area (Å²) < 4.78 is 0. The zero-order valence-corrected chi connectivity index (χ0v) is 8.83. The molecule has 1 N–H and O–H groups in total. The molecule has 4 nitrogen and oxygen atoms in total. The van der Waals surface area contributed by atoms with Gasteiger partial charge in [-0.1, -0.05) is 0 Å². The third-order valence-corrected chi connectivity index (χ3v) is 2.19. The molecule has 5 heteroatoms. The monoisotopic (exact) mass is 214 g/mol. The Kier molecular flexibility index (Phi) is 4.79. The Bertz CT molecular complexity index is 248. The molecule has 14 heavy (non-hydrogen) atoms. The van der Waals surface area contributed by atoms with Gasteiger partial charge in [0.2, 0.25) is 0 Å². The quantitative estimate of drug-likeness (QED) is 0.769. The Morgan fingerprint density at radius 1 is 1.21 bits per heavy atom. The van der Waals surface area contributed by atoms with Crippen LogP contribution in [0.15, 0.2) is 18.5 Å². The van der Waals surface area contributed by atoms with E-state index < -0.39 is 0 Å². The highest BCUT2D eigenvalue weighted by molar-refractivity contribution is 5.85. The normalized spacial score (nSPS) is 17.4. The zero-order valence-electron chi connectivity index (χ0n) is 8.02. The first-order valence-electron chi connectivity index (χ1n) is 4.64. The SMILES string of the molecule is Cl.c1cnc(CN2CCNCC2)nc1. The highest BCUT2D eigenvalue weighted by Crippen LogP contribution is 1.98. The lowest BCUT2D eigenvalue weighted by atomic mass is 10.3. The van der Waals surface area contributed by atoms with E-state index in [1.54, 1.807) is 12.4 Å². The van der Waals surface area contributed by atoms with E-state index in [2.05, 4.69) is 20.2 Å². The van der Waals surface area contributed by atoms with Gasteiger partial charge in [0, 0.05) is 38.6 Å². The molecule has 0 spiro atoms. The van der Waals surface area contributed by atoms with Crippen LogP contribution in [0.2, 0.25) is 0 Å². The van der Waals surface area contributed by atoms with E-state index in [9.17, 15) is 0 Å². The number of rotatable bonds is 2. The van der Waals surface area contributed by atoms with Gasteiger partial charge in [-0.2, -0.15) is 0 Å². The summed E-state index contributed by atoms with van der Waals surface area (Å²) in [7, 11) is 0. The topological polar surface area (TPSA) is 41.1 Å². The average Bonchev–Trinajstić information content (AvgIpc) is 2.21. The summed E-state index contributed by atoms with van der Waals surface area (Å²) in [5.41, 5.74) is 0. The minimum atomic E-state index is 0. The number of nitrogens with zero attached hydrogens (tertiary/aromatic N) is 3. The van der Waals surface area contributed by atoms with E-state index in [1.165, 1.54) is 0 Å². The lowest BCUT2D eigenvalue weighted by Gasteiger charge is -2.26. The molecule has 78 valence electrons. The summed E-state index contributed by atoms with van der Waals surface area (Å²) in [5.74, 6) is 0.921. The van der Waals surface area contributed by atoms with Crippen LogP contribution < -0.4 is 5.32 Å². The van der Waals surface area contributed by atoms with Crippen LogP contribution in [0.5, 0.6) is 0 Å². The fourth-order valence-electron chi connectivity index (χ4n) is 1.48. The summed E-state index contributed by atoms with van der Waals surface area (Å²) in [6.07, 6.45) is 3.59. The van der Waals surface area contributed by atoms with Crippen molar-refractivity contribution >= 4 is 12.4 Å². The first-order chi connectivity index (χ1) is 6.45. The van der Waals surface area contributed by atoms with Gasteiger partial charge < -0.3 is 5.32 Å². The van der Waals surface area contributed by atoms with Gasteiger partial charge in [-0.25, -0.2) is 9.97 Å². The van der Waals surface area contributed by atoms with Crippen molar-refractivity contribution in [2.75, 3.05) is 26.2 Å². The highest BCUT2D eigenvalue weighted by Gasteiger charge is 2.10. The molecule has 0 bridgehead atoms. The summed E-state index contributed by atoms with van der Waals surface area (Å²) in [6.45, 7) is 5.22. The maximum Gasteiger partial charge on any atom is 0.142 e. The Hall–Kier alpha value is -0.710. The van der Waals surface area contributed by atoms with Crippen molar-refractivity contribution in [1.82, 2.24) is 20.2 Å². The van der Waals surface area contributed by atoms with Crippen LogP contribution >= 0.6 is 12.4 Å². The molecule has 1 fully saturated rings. The summed E-state index contributed by atoms with van der Waals surface area (Å²) >= 11 is 0. The second kappa shape index (κ2) is 5.90. The molecule has 1 aliphatic rings. The molecule has 0 saturated carbocycles. The molecule has 0 unspecified atom stereocenters. The maximum atomic E-state index is 4.20. The van der Waals surface area contributed by atoms with Crippen LogP contribution in [-0.4, -0.2) is 41.0 Å². The summed E-state index contributed by atoms with van der Waals surface area (Å²) in [5, 5.41) is 3.32. The van der Waals surface area contributed by atoms with Crippen molar-refractivity contribution in [1.29, 1.82) is 0 Å². The van der Waals surface area contributed by atoms with Crippen molar-refractivity contribution in [3.8, 4) is 0 Å². The molecule has 0 radical (unpaired) electrons. The first-order valence-corrected chi connectivity index (χ1v) is 4.64. The number of hydrogen-bond donors (Lipinski definition) is 1.